The summed E-state index contributed by atoms with van der Waals surface area (Å²) in [4.78, 5) is 9.41. The largest absolute Gasteiger partial charge is 0.388 e. The average molecular weight is 208 g/mol. The van der Waals surface area contributed by atoms with Crippen molar-refractivity contribution in [2.75, 3.05) is 13.2 Å². The van der Waals surface area contributed by atoms with Crippen molar-refractivity contribution in [2.45, 2.75) is 37.9 Å². The molecule has 0 aromatic rings. The van der Waals surface area contributed by atoms with E-state index >= 15 is 0 Å². The molecule has 6 heteroatoms. The summed E-state index contributed by atoms with van der Waals surface area (Å²) < 4.78 is 4.91. The molecule has 0 aromatic heterocycles. The van der Waals surface area contributed by atoms with E-state index < -0.39 is 24.6 Å². The number of rotatable bonds is 4. The van der Waals surface area contributed by atoms with Crippen LogP contribution < -0.4 is 0 Å². The second-order valence-corrected chi connectivity index (χ2v) is 3.17. The summed E-state index contributed by atoms with van der Waals surface area (Å²) in [6.45, 7) is 2.20. The summed E-state index contributed by atoms with van der Waals surface area (Å²) in [6, 6.07) is 0. The Hall–Kier alpha value is -0.240. The predicted molar refractivity (Wildman–Crippen MR) is 45.1 cm³/mol. The van der Waals surface area contributed by atoms with Gasteiger partial charge < -0.3 is 20.1 Å². The van der Waals surface area contributed by atoms with E-state index in [1.165, 1.54) is 0 Å². The number of aliphatic hydroxyl groups excluding tert-OH is 3. The van der Waals surface area contributed by atoms with E-state index in [2.05, 4.69) is 0 Å². The van der Waals surface area contributed by atoms with Crippen molar-refractivity contribution in [3.8, 4) is 0 Å². The Morgan fingerprint density at radius 2 is 2.00 bits per heavy atom. The number of hydrogen-bond donors (Lipinski definition) is 3. The maximum atomic E-state index is 9.37. The van der Waals surface area contributed by atoms with Gasteiger partial charge in [-0.15, -0.1) is 0 Å². The summed E-state index contributed by atoms with van der Waals surface area (Å²) in [5.41, 5.74) is 0. The molecule has 1 saturated heterocycles. The highest BCUT2D eigenvalue weighted by molar-refractivity contribution is 4.81. The lowest BCUT2D eigenvalue weighted by molar-refractivity contribution is -0.414. The third kappa shape index (κ3) is 2.88. The van der Waals surface area contributed by atoms with Gasteiger partial charge in [-0.3, -0.25) is 0 Å². The zero-order chi connectivity index (χ0) is 10.6. The van der Waals surface area contributed by atoms with E-state index in [1.54, 1.807) is 0 Å². The molecule has 1 unspecified atom stereocenters. The van der Waals surface area contributed by atoms with Crippen LogP contribution in [-0.4, -0.2) is 53.1 Å². The molecule has 14 heavy (non-hydrogen) atoms. The molecule has 0 saturated carbocycles. The Balaban J connectivity index is 2.31. The Kier molecular flexibility index (Phi) is 4.73. The number of ether oxygens (including phenoxy) is 1. The van der Waals surface area contributed by atoms with Gasteiger partial charge in [-0.2, -0.15) is 0 Å². The minimum absolute atomic E-state index is 0.0849. The van der Waals surface area contributed by atoms with Crippen LogP contribution in [0.1, 0.15) is 13.3 Å². The Morgan fingerprint density at radius 3 is 2.64 bits per heavy atom. The van der Waals surface area contributed by atoms with Gasteiger partial charge in [0.2, 0.25) is 6.29 Å². The van der Waals surface area contributed by atoms with Crippen LogP contribution >= 0.6 is 0 Å². The highest BCUT2D eigenvalue weighted by atomic mass is 17.2. The lowest BCUT2D eigenvalue weighted by atomic mass is 10.1. The Morgan fingerprint density at radius 1 is 1.29 bits per heavy atom. The van der Waals surface area contributed by atoms with Crippen molar-refractivity contribution in [1.82, 2.24) is 0 Å². The molecular formula is C8H16O6. The molecule has 1 heterocycles. The van der Waals surface area contributed by atoms with Gasteiger partial charge in [-0.1, -0.05) is 6.92 Å². The van der Waals surface area contributed by atoms with Gasteiger partial charge in [0, 0.05) is 0 Å². The smallest absolute Gasteiger partial charge is 0.220 e. The van der Waals surface area contributed by atoms with Crippen LogP contribution in [0.4, 0.5) is 0 Å². The van der Waals surface area contributed by atoms with E-state index in [9.17, 15) is 10.2 Å². The summed E-state index contributed by atoms with van der Waals surface area (Å²) in [6.07, 6.45) is -3.92. The summed E-state index contributed by atoms with van der Waals surface area (Å²) >= 11 is 0. The second-order valence-electron chi connectivity index (χ2n) is 3.17. The lowest BCUT2D eigenvalue weighted by Crippen LogP contribution is -2.53. The van der Waals surface area contributed by atoms with Crippen LogP contribution in [-0.2, 0) is 14.5 Å². The SMILES string of the molecule is CCCOOC1OC[C@H](O)[C@H](O)[C@H]1O. The van der Waals surface area contributed by atoms with Crippen molar-refractivity contribution in [2.24, 2.45) is 0 Å². The average Bonchev–Trinajstić information content (AvgIpc) is 2.18. The molecule has 1 fully saturated rings. The first-order chi connectivity index (χ1) is 6.66. The summed E-state index contributed by atoms with van der Waals surface area (Å²) in [5, 5.41) is 27.7. The monoisotopic (exact) mass is 208 g/mol. The van der Waals surface area contributed by atoms with E-state index in [0.29, 0.717) is 6.61 Å². The molecule has 0 radical (unpaired) electrons. The second kappa shape index (κ2) is 5.59. The molecule has 1 rings (SSSR count). The zero-order valence-electron chi connectivity index (χ0n) is 8.00. The number of aliphatic hydroxyl groups is 3. The van der Waals surface area contributed by atoms with Gasteiger partial charge in [-0.05, 0) is 6.42 Å². The van der Waals surface area contributed by atoms with E-state index in [4.69, 9.17) is 19.6 Å². The van der Waals surface area contributed by atoms with Gasteiger partial charge in [0.25, 0.3) is 0 Å². The molecule has 84 valence electrons. The van der Waals surface area contributed by atoms with E-state index in [1.807, 2.05) is 6.92 Å². The first kappa shape index (κ1) is 11.8. The molecule has 3 N–H and O–H groups in total. The van der Waals surface area contributed by atoms with Gasteiger partial charge in [0.1, 0.15) is 18.3 Å². The van der Waals surface area contributed by atoms with Crippen molar-refractivity contribution in [3.63, 3.8) is 0 Å². The molecule has 0 aliphatic carbocycles. The van der Waals surface area contributed by atoms with Crippen LogP contribution in [0.15, 0.2) is 0 Å². The first-order valence-electron chi connectivity index (χ1n) is 4.61. The fourth-order valence-corrected chi connectivity index (χ4v) is 1.06. The quantitative estimate of drug-likeness (QED) is 0.305. The molecule has 0 amide bonds. The minimum atomic E-state index is -1.30. The third-order valence-electron chi connectivity index (χ3n) is 1.90. The van der Waals surface area contributed by atoms with Crippen LogP contribution in [0.25, 0.3) is 0 Å². The fraction of sp³-hybridized carbons (Fsp3) is 1.00. The van der Waals surface area contributed by atoms with Gasteiger partial charge in [0.15, 0.2) is 0 Å². The van der Waals surface area contributed by atoms with Crippen LogP contribution in [0, 0.1) is 0 Å². The van der Waals surface area contributed by atoms with Gasteiger partial charge in [-0.25, -0.2) is 9.78 Å². The van der Waals surface area contributed by atoms with E-state index in [-0.39, 0.29) is 6.61 Å². The minimum Gasteiger partial charge on any atom is -0.388 e. The van der Waals surface area contributed by atoms with Crippen molar-refractivity contribution >= 4 is 0 Å². The molecule has 4 atom stereocenters. The topological polar surface area (TPSA) is 88.4 Å². The van der Waals surface area contributed by atoms with Crippen LogP contribution in [0.5, 0.6) is 0 Å². The molecule has 0 spiro atoms. The molecular weight excluding hydrogens is 192 g/mol. The predicted octanol–water partition coefficient (Wildman–Crippen LogP) is -1.22. The van der Waals surface area contributed by atoms with Gasteiger partial charge >= 0.3 is 0 Å². The van der Waals surface area contributed by atoms with Crippen molar-refractivity contribution < 1.29 is 29.8 Å². The maximum absolute atomic E-state index is 9.37. The highest BCUT2D eigenvalue weighted by Crippen LogP contribution is 2.16. The first-order valence-corrected chi connectivity index (χ1v) is 4.61. The van der Waals surface area contributed by atoms with Crippen molar-refractivity contribution in [1.29, 1.82) is 0 Å². The lowest BCUT2D eigenvalue weighted by Gasteiger charge is -2.33. The highest BCUT2D eigenvalue weighted by Gasteiger charge is 2.38. The Labute approximate surface area is 81.9 Å². The Bertz CT molecular complexity index is 164. The van der Waals surface area contributed by atoms with Crippen LogP contribution in [0.2, 0.25) is 0 Å². The fourth-order valence-electron chi connectivity index (χ4n) is 1.06. The molecule has 0 aromatic carbocycles. The molecule has 1 aliphatic heterocycles. The molecule has 0 bridgehead atoms. The maximum Gasteiger partial charge on any atom is 0.220 e. The van der Waals surface area contributed by atoms with Crippen molar-refractivity contribution in [3.05, 3.63) is 0 Å². The normalized spacial score (nSPS) is 38.6. The molecule has 6 nitrogen and oxygen atoms in total. The van der Waals surface area contributed by atoms with Crippen LogP contribution in [0.3, 0.4) is 0 Å². The summed E-state index contributed by atoms with van der Waals surface area (Å²) in [7, 11) is 0. The molecule has 1 aliphatic rings. The zero-order valence-corrected chi connectivity index (χ0v) is 8.00. The number of hydrogen-bond acceptors (Lipinski definition) is 6. The standard InChI is InChI=1S/C8H16O6/c1-2-3-13-14-8-7(11)6(10)5(9)4-12-8/h5-11H,2-4H2,1H3/t5-,6-,7+,8?/m0/s1. The van der Waals surface area contributed by atoms with Gasteiger partial charge in [0.05, 0.1) is 13.2 Å². The third-order valence-corrected chi connectivity index (χ3v) is 1.90. The van der Waals surface area contributed by atoms with E-state index in [0.717, 1.165) is 6.42 Å². The summed E-state index contributed by atoms with van der Waals surface area (Å²) in [5.74, 6) is 0.